The summed E-state index contributed by atoms with van der Waals surface area (Å²) in [5, 5.41) is 10.4. The molecule has 9 heteroatoms. The van der Waals surface area contributed by atoms with Crippen LogP contribution in [-0.4, -0.2) is 54.0 Å². The van der Waals surface area contributed by atoms with Crippen LogP contribution in [0.3, 0.4) is 0 Å². The third-order valence-electron chi connectivity index (χ3n) is 4.96. The molecule has 0 aliphatic carbocycles. The third kappa shape index (κ3) is 4.63. The summed E-state index contributed by atoms with van der Waals surface area (Å²) in [7, 11) is -3.39. The molecule has 4 rings (SSSR count). The molecule has 0 spiro atoms. The maximum absolute atomic E-state index is 11.9. The van der Waals surface area contributed by atoms with Gasteiger partial charge in [0.25, 0.3) is 0 Å². The summed E-state index contributed by atoms with van der Waals surface area (Å²) in [4.78, 5) is 16.8. The number of carbonyl (C=O) groups excluding carboxylic acids is 1. The first kappa shape index (κ1) is 19.5. The summed E-state index contributed by atoms with van der Waals surface area (Å²) in [5.41, 5.74) is 4.04. The van der Waals surface area contributed by atoms with Gasteiger partial charge in [-0.2, -0.15) is 5.10 Å². The molecule has 0 aromatic carbocycles. The van der Waals surface area contributed by atoms with Gasteiger partial charge in [0, 0.05) is 41.9 Å². The van der Waals surface area contributed by atoms with Gasteiger partial charge in [-0.25, -0.2) is 12.9 Å². The van der Waals surface area contributed by atoms with Gasteiger partial charge in [0.15, 0.2) is 9.84 Å². The number of aromatic nitrogens is 3. The van der Waals surface area contributed by atoms with Crippen LogP contribution in [0, 0.1) is 0 Å². The molecule has 0 radical (unpaired) electrons. The normalized spacial score (nSPS) is 17.3. The van der Waals surface area contributed by atoms with Gasteiger partial charge in [0.05, 0.1) is 17.4 Å². The van der Waals surface area contributed by atoms with Crippen molar-refractivity contribution in [2.24, 2.45) is 0 Å². The number of rotatable bonds is 5. The number of carbonyl (C=O) groups is 1. The number of amides is 1. The average Bonchev–Trinajstić information content (AvgIpc) is 3.10. The number of fused-ring (bicyclic) bond motifs is 1. The lowest BCUT2D eigenvalue weighted by atomic mass is 9.95. The molecule has 8 nitrogen and oxygen atoms in total. The first-order chi connectivity index (χ1) is 13.9. The molecular formula is C20H23N5O3S. The van der Waals surface area contributed by atoms with Crippen LogP contribution in [0.25, 0.3) is 16.8 Å². The second-order valence-electron chi connectivity index (χ2n) is 7.41. The average molecular weight is 414 g/mol. The largest absolute Gasteiger partial charge is 0.325 e. The Bertz CT molecular complexity index is 1150. The van der Waals surface area contributed by atoms with E-state index < -0.39 is 21.5 Å². The first-order valence-corrected chi connectivity index (χ1v) is 11.6. The standard InChI is InChI=1S/C20H23N5O3S/c1-29(27,28)13-20(26)23-15-7-9-25-19(10-15)16(12-22-25)18-6-2-5-17(24-18)14-4-3-8-21-11-14/h2,5-7,9-10,12,14,21H,3-4,8,11,13H2,1H3,(H,23,26). The Labute approximate surface area is 169 Å². The van der Waals surface area contributed by atoms with E-state index in [0.29, 0.717) is 11.6 Å². The molecule has 29 heavy (non-hydrogen) atoms. The number of pyridine rings is 2. The van der Waals surface area contributed by atoms with Crippen LogP contribution in [0.2, 0.25) is 0 Å². The molecule has 3 aromatic rings. The Morgan fingerprint density at radius 2 is 2.21 bits per heavy atom. The van der Waals surface area contributed by atoms with Crippen molar-refractivity contribution in [2.45, 2.75) is 18.8 Å². The Morgan fingerprint density at radius 1 is 1.34 bits per heavy atom. The van der Waals surface area contributed by atoms with E-state index in [9.17, 15) is 13.2 Å². The topological polar surface area (TPSA) is 105 Å². The van der Waals surface area contributed by atoms with E-state index in [0.717, 1.165) is 54.7 Å². The summed E-state index contributed by atoms with van der Waals surface area (Å²) >= 11 is 0. The van der Waals surface area contributed by atoms with Gasteiger partial charge in [-0.1, -0.05) is 6.07 Å². The Morgan fingerprint density at radius 3 is 2.97 bits per heavy atom. The predicted octanol–water partition coefficient (Wildman–Crippen LogP) is 1.85. The lowest BCUT2D eigenvalue weighted by molar-refractivity contribution is -0.113. The molecule has 1 aliphatic rings. The summed E-state index contributed by atoms with van der Waals surface area (Å²) < 4.78 is 24.3. The van der Waals surface area contributed by atoms with Crippen LogP contribution >= 0.6 is 0 Å². The van der Waals surface area contributed by atoms with Crippen molar-refractivity contribution in [1.29, 1.82) is 0 Å². The zero-order valence-corrected chi connectivity index (χ0v) is 16.9. The highest BCUT2D eigenvalue weighted by Crippen LogP contribution is 2.28. The van der Waals surface area contributed by atoms with E-state index in [-0.39, 0.29) is 0 Å². The van der Waals surface area contributed by atoms with Gasteiger partial charge in [0.2, 0.25) is 5.91 Å². The second kappa shape index (κ2) is 7.92. The van der Waals surface area contributed by atoms with Crippen LogP contribution in [0.5, 0.6) is 0 Å². The van der Waals surface area contributed by atoms with E-state index in [1.807, 2.05) is 12.1 Å². The maximum Gasteiger partial charge on any atom is 0.239 e. The molecule has 1 fully saturated rings. The fraction of sp³-hybridized carbons (Fsp3) is 0.350. The molecule has 0 bridgehead atoms. The molecule has 1 saturated heterocycles. The van der Waals surface area contributed by atoms with Crippen LogP contribution in [0.4, 0.5) is 5.69 Å². The molecule has 1 unspecified atom stereocenters. The van der Waals surface area contributed by atoms with Crippen molar-refractivity contribution in [1.82, 2.24) is 19.9 Å². The molecular weight excluding hydrogens is 390 g/mol. The SMILES string of the molecule is CS(=O)(=O)CC(=O)Nc1ccn2ncc(-c3cccc(C4CCCNC4)n3)c2c1. The van der Waals surface area contributed by atoms with E-state index in [1.165, 1.54) is 0 Å². The van der Waals surface area contributed by atoms with E-state index in [1.54, 1.807) is 29.0 Å². The summed E-state index contributed by atoms with van der Waals surface area (Å²) in [6.45, 7) is 1.99. The Hall–Kier alpha value is -2.78. The minimum atomic E-state index is -3.39. The molecule has 152 valence electrons. The van der Waals surface area contributed by atoms with Crippen molar-refractivity contribution >= 4 is 26.9 Å². The van der Waals surface area contributed by atoms with Gasteiger partial charge in [-0.05, 0) is 43.7 Å². The summed E-state index contributed by atoms with van der Waals surface area (Å²) in [6.07, 6.45) is 6.77. The zero-order chi connectivity index (χ0) is 20.4. The highest BCUT2D eigenvalue weighted by Gasteiger charge is 2.18. The molecule has 1 aliphatic heterocycles. The van der Waals surface area contributed by atoms with Crippen molar-refractivity contribution in [3.8, 4) is 11.3 Å². The lowest BCUT2D eigenvalue weighted by Gasteiger charge is -2.22. The van der Waals surface area contributed by atoms with Gasteiger partial charge >= 0.3 is 0 Å². The second-order valence-corrected chi connectivity index (χ2v) is 9.55. The van der Waals surface area contributed by atoms with Gasteiger partial charge < -0.3 is 10.6 Å². The monoisotopic (exact) mass is 413 g/mol. The van der Waals surface area contributed by atoms with Crippen LogP contribution in [0.15, 0.2) is 42.7 Å². The predicted molar refractivity (Wildman–Crippen MR) is 112 cm³/mol. The maximum atomic E-state index is 11.9. The van der Waals surface area contributed by atoms with Crippen molar-refractivity contribution < 1.29 is 13.2 Å². The summed E-state index contributed by atoms with van der Waals surface area (Å²) in [6, 6.07) is 9.48. The number of anilines is 1. The fourth-order valence-corrected chi connectivity index (χ4v) is 4.17. The lowest BCUT2D eigenvalue weighted by Crippen LogP contribution is -2.28. The van der Waals surface area contributed by atoms with Crippen molar-refractivity contribution in [2.75, 3.05) is 30.4 Å². The Balaban J connectivity index is 1.63. The highest BCUT2D eigenvalue weighted by atomic mass is 32.2. The molecule has 0 saturated carbocycles. The summed E-state index contributed by atoms with van der Waals surface area (Å²) in [5.74, 6) is -0.720. The molecule has 4 heterocycles. The smallest absolute Gasteiger partial charge is 0.239 e. The van der Waals surface area contributed by atoms with Crippen molar-refractivity contribution in [3.05, 3.63) is 48.4 Å². The molecule has 2 N–H and O–H groups in total. The van der Waals surface area contributed by atoms with Crippen molar-refractivity contribution in [3.63, 3.8) is 0 Å². The third-order valence-corrected chi connectivity index (χ3v) is 5.75. The molecule has 1 amide bonds. The molecule has 1 atom stereocenters. The number of hydrogen-bond acceptors (Lipinski definition) is 6. The van der Waals surface area contributed by atoms with E-state index in [4.69, 9.17) is 4.98 Å². The highest BCUT2D eigenvalue weighted by molar-refractivity contribution is 7.91. The van der Waals surface area contributed by atoms with Gasteiger partial charge in [-0.15, -0.1) is 0 Å². The number of sulfone groups is 1. The van der Waals surface area contributed by atoms with Gasteiger partial charge in [0.1, 0.15) is 5.75 Å². The number of nitrogens with one attached hydrogen (secondary N) is 2. The first-order valence-electron chi connectivity index (χ1n) is 9.52. The quantitative estimate of drug-likeness (QED) is 0.661. The zero-order valence-electron chi connectivity index (χ0n) is 16.1. The Kier molecular flexibility index (Phi) is 5.33. The fourth-order valence-electron chi connectivity index (χ4n) is 3.62. The van der Waals surface area contributed by atoms with Crippen LogP contribution in [0.1, 0.15) is 24.5 Å². The van der Waals surface area contributed by atoms with Crippen LogP contribution < -0.4 is 10.6 Å². The minimum absolute atomic E-state index is 0.399. The number of piperidine rings is 1. The number of nitrogens with zero attached hydrogens (tertiary/aromatic N) is 3. The minimum Gasteiger partial charge on any atom is -0.325 e. The number of hydrogen-bond donors (Lipinski definition) is 2. The van der Waals surface area contributed by atoms with E-state index >= 15 is 0 Å². The van der Waals surface area contributed by atoms with Crippen LogP contribution in [-0.2, 0) is 14.6 Å². The molecule has 3 aromatic heterocycles. The van der Waals surface area contributed by atoms with E-state index in [2.05, 4.69) is 21.8 Å². The van der Waals surface area contributed by atoms with Gasteiger partial charge in [-0.3, -0.25) is 9.78 Å².